The van der Waals surface area contributed by atoms with Crippen LogP contribution in [0.2, 0.25) is 0 Å². The van der Waals surface area contributed by atoms with Crippen molar-refractivity contribution in [2.45, 2.75) is 6.54 Å². The molecule has 1 amide bonds. The van der Waals surface area contributed by atoms with E-state index in [1.165, 1.54) is 6.26 Å². The Bertz CT molecular complexity index is 759. The van der Waals surface area contributed by atoms with Crippen LogP contribution in [0.4, 0.5) is 5.69 Å². The topological polar surface area (TPSA) is 69.3 Å². The van der Waals surface area contributed by atoms with Crippen LogP contribution in [0.25, 0.3) is 6.08 Å². The Kier molecular flexibility index (Phi) is 5.61. The number of furan rings is 1. The Balaban J connectivity index is 2.13. The Morgan fingerprint density at radius 3 is 2.78 bits per heavy atom. The maximum absolute atomic E-state index is 12.1. The second-order valence-electron chi connectivity index (χ2n) is 5.04. The predicted molar refractivity (Wildman–Crippen MR) is 92.6 cm³/mol. The van der Waals surface area contributed by atoms with Crippen LogP contribution in [0, 0.1) is 11.3 Å². The summed E-state index contributed by atoms with van der Waals surface area (Å²) in [6.45, 7) is 0.244. The zero-order valence-electron chi connectivity index (χ0n) is 12.8. The molecule has 2 aromatic rings. The largest absolute Gasteiger partial charge is 0.467 e. The van der Waals surface area contributed by atoms with E-state index in [0.29, 0.717) is 5.76 Å². The van der Waals surface area contributed by atoms with E-state index in [0.717, 1.165) is 15.7 Å². The lowest BCUT2D eigenvalue weighted by Crippen LogP contribution is -2.23. The number of anilines is 1. The van der Waals surface area contributed by atoms with E-state index in [9.17, 15) is 10.1 Å². The molecule has 0 radical (unpaired) electrons. The highest BCUT2D eigenvalue weighted by molar-refractivity contribution is 9.10. The third-order valence-corrected chi connectivity index (χ3v) is 3.77. The van der Waals surface area contributed by atoms with Crippen LogP contribution in [0.5, 0.6) is 0 Å². The SMILES string of the molecule is CN(C)c1ccc(C=C(C#N)C(=O)NCc2ccco2)cc1Br. The van der Waals surface area contributed by atoms with Crippen molar-refractivity contribution in [1.82, 2.24) is 5.32 Å². The van der Waals surface area contributed by atoms with Crippen LogP contribution in [-0.2, 0) is 11.3 Å². The van der Waals surface area contributed by atoms with Crippen LogP contribution in [0.3, 0.4) is 0 Å². The first kappa shape index (κ1) is 16.8. The lowest BCUT2D eigenvalue weighted by Gasteiger charge is -2.14. The third kappa shape index (κ3) is 4.47. The fourth-order valence-corrected chi connectivity index (χ4v) is 2.72. The zero-order chi connectivity index (χ0) is 16.8. The first-order valence-electron chi connectivity index (χ1n) is 6.90. The van der Waals surface area contributed by atoms with Gasteiger partial charge in [-0.25, -0.2) is 0 Å². The molecule has 0 atom stereocenters. The normalized spacial score (nSPS) is 11.0. The van der Waals surface area contributed by atoms with Gasteiger partial charge in [-0.2, -0.15) is 5.26 Å². The van der Waals surface area contributed by atoms with Crippen molar-refractivity contribution in [3.05, 3.63) is 58.0 Å². The van der Waals surface area contributed by atoms with Crippen LogP contribution in [-0.4, -0.2) is 20.0 Å². The molecule has 1 aromatic heterocycles. The summed E-state index contributed by atoms with van der Waals surface area (Å²) in [6.07, 6.45) is 3.09. The van der Waals surface area contributed by atoms with Gasteiger partial charge in [0.05, 0.1) is 18.5 Å². The summed E-state index contributed by atoms with van der Waals surface area (Å²) >= 11 is 3.49. The first-order valence-corrected chi connectivity index (χ1v) is 7.70. The van der Waals surface area contributed by atoms with E-state index in [4.69, 9.17) is 4.42 Å². The van der Waals surface area contributed by atoms with Crippen LogP contribution in [0.15, 0.2) is 51.1 Å². The smallest absolute Gasteiger partial charge is 0.262 e. The number of hydrogen-bond donors (Lipinski definition) is 1. The fraction of sp³-hybridized carbons (Fsp3) is 0.176. The number of nitrogens with one attached hydrogen (secondary N) is 1. The Labute approximate surface area is 143 Å². The molecular weight excluding hydrogens is 358 g/mol. The molecule has 1 heterocycles. The van der Waals surface area contributed by atoms with Gasteiger partial charge in [0.25, 0.3) is 5.91 Å². The summed E-state index contributed by atoms with van der Waals surface area (Å²) in [5.74, 6) is 0.199. The molecule has 0 unspecified atom stereocenters. The predicted octanol–water partition coefficient (Wildman–Crippen LogP) is 3.33. The number of carbonyl (C=O) groups excluding carboxylic acids is 1. The number of nitrogens with zero attached hydrogens (tertiary/aromatic N) is 2. The molecule has 23 heavy (non-hydrogen) atoms. The maximum atomic E-state index is 12.1. The number of benzene rings is 1. The molecule has 0 saturated carbocycles. The molecule has 0 saturated heterocycles. The highest BCUT2D eigenvalue weighted by Gasteiger charge is 2.10. The van der Waals surface area contributed by atoms with Crippen molar-refractivity contribution in [3.63, 3.8) is 0 Å². The number of nitriles is 1. The summed E-state index contributed by atoms with van der Waals surface area (Å²) in [5, 5.41) is 11.9. The molecule has 0 aliphatic rings. The van der Waals surface area contributed by atoms with Crippen molar-refractivity contribution in [2.24, 2.45) is 0 Å². The minimum Gasteiger partial charge on any atom is -0.467 e. The van der Waals surface area contributed by atoms with Crippen LogP contribution < -0.4 is 10.2 Å². The van der Waals surface area contributed by atoms with Gasteiger partial charge in [-0.15, -0.1) is 0 Å². The van der Waals surface area contributed by atoms with Crippen molar-refractivity contribution in [3.8, 4) is 6.07 Å². The standard InChI is InChI=1S/C17H16BrN3O2/c1-21(2)16-6-5-12(9-15(16)18)8-13(10-19)17(22)20-11-14-4-3-7-23-14/h3-9H,11H2,1-2H3,(H,20,22). The number of rotatable bonds is 5. The molecule has 0 fully saturated rings. The molecule has 6 heteroatoms. The summed E-state index contributed by atoms with van der Waals surface area (Å²) in [4.78, 5) is 14.0. The average Bonchev–Trinajstić information content (AvgIpc) is 3.03. The number of amides is 1. The van der Waals surface area contributed by atoms with Crippen LogP contribution in [0.1, 0.15) is 11.3 Å². The van der Waals surface area contributed by atoms with Crippen molar-refractivity contribution >= 4 is 33.6 Å². The van der Waals surface area contributed by atoms with Crippen molar-refractivity contribution in [1.29, 1.82) is 5.26 Å². The molecule has 2 rings (SSSR count). The zero-order valence-corrected chi connectivity index (χ0v) is 14.4. The first-order chi connectivity index (χ1) is 11.0. The van der Waals surface area contributed by atoms with E-state index in [2.05, 4.69) is 21.2 Å². The monoisotopic (exact) mass is 373 g/mol. The molecular formula is C17H16BrN3O2. The number of halogens is 1. The lowest BCUT2D eigenvalue weighted by atomic mass is 10.1. The maximum Gasteiger partial charge on any atom is 0.262 e. The molecule has 0 bridgehead atoms. The molecule has 5 nitrogen and oxygen atoms in total. The lowest BCUT2D eigenvalue weighted by molar-refractivity contribution is -0.117. The van der Waals surface area contributed by atoms with Gasteiger partial charge in [0.15, 0.2) is 0 Å². The van der Waals surface area contributed by atoms with E-state index in [1.54, 1.807) is 18.2 Å². The van der Waals surface area contributed by atoms with Crippen LogP contribution >= 0.6 is 15.9 Å². The second kappa shape index (κ2) is 7.65. The van der Waals surface area contributed by atoms with Gasteiger partial charge in [0.2, 0.25) is 0 Å². The van der Waals surface area contributed by atoms with E-state index in [-0.39, 0.29) is 12.1 Å². The van der Waals surface area contributed by atoms with Gasteiger partial charge in [-0.1, -0.05) is 6.07 Å². The molecule has 0 aliphatic carbocycles. The van der Waals surface area contributed by atoms with Crippen molar-refractivity contribution < 1.29 is 9.21 Å². The highest BCUT2D eigenvalue weighted by atomic mass is 79.9. The Hall–Kier alpha value is -2.52. The quantitative estimate of drug-likeness (QED) is 0.644. The van der Waals surface area contributed by atoms with Gasteiger partial charge < -0.3 is 14.6 Å². The van der Waals surface area contributed by atoms with Gasteiger partial charge in [-0.3, -0.25) is 4.79 Å². The summed E-state index contributed by atoms with van der Waals surface area (Å²) in [6, 6.07) is 11.1. The fourth-order valence-electron chi connectivity index (χ4n) is 1.97. The van der Waals surface area contributed by atoms with E-state index >= 15 is 0 Å². The molecule has 118 valence electrons. The van der Waals surface area contributed by atoms with Gasteiger partial charge in [0, 0.05) is 18.6 Å². The summed E-state index contributed by atoms with van der Waals surface area (Å²) in [7, 11) is 3.89. The molecule has 1 aromatic carbocycles. The van der Waals surface area contributed by atoms with E-state index in [1.807, 2.05) is 43.3 Å². The third-order valence-electron chi connectivity index (χ3n) is 3.13. The minimum absolute atomic E-state index is 0.0426. The number of hydrogen-bond acceptors (Lipinski definition) is 4. The van der Waals surface area contributed by atoms with Gasteiger partial charge in [-0.05, 0) is 51.8 Å². The molecule has 1 N–H and O–H groups in total. The summed E-state index contributed by atoms with van der Waals surface area (Å²) in [5.41, 5.74) is 1.83. The highest BCUT2D eigenvalue weighted by Crippen LogP contribution is 2.26. The van der Waals surface area contributed by atoms with Gasteiger partial charge in [0.1, 0.15) is 17.4 Å². The molecule has 0 spiro atoms. The summed E-state index contributed by atoms with van der Waals surface area (Å²) < 4.78 is 6.03. The van der Waals surface area contributed by atoms with Crippen molar-refractivity contribution in [2.75, 3.05) is 19.0 Å². The van der Waals surface area contributed by atoms with Gasteiger partial charge >= 0.3 is 0 Å². The van der Waals surface area contributed by atoms with E-state index < -0.39 is 5.91 Å². The number of carbonyl (C=O) groups is 1. The second-order valence-corrected chi connectivity index (χ2v) is 5.89. The minimum atomic E-state index is -0.434. The Morgan fingerprint density at radius 1 is 1.43 bits per heavy atom. The Morgan fingerprint density at radius 2 is 2.22 bits per heavy atom. The molecule has 0 aliphatic heterocycles. The average molecular weight is 374 g/mol.